The summed E-state index contributed by atoms with van der Waals surface area (Å²) in [5.41, 5.74) is 2.42. The summed E-state index contributed by atoms with van der Waals surface area (Å²) in [5, 5.41) is 11.6. The van der Waals surface area contributed by atoms with Gasteiger partial charge < -0.3 is 10.0 Å². The van der Waals surface area contributed by atoms with Crippen LogP contribution in [-0.4, -0.2) is 39.1 Å². The Bertz CT molecular complexity index is 1610. The highest BCUT2D eigenvalue weighted by Gasteiger charge is 2.44. The number of aliphatic hydroxyl groups excluding tert-OH is 1. The molecule has 1 aliphatic heterocycles. The zero-order valence-corrected chi connectivity index (χ0v) is 28.6. The van der Waals surface area contributed by atoms with Crippen LogP contribution in [-0.2, 0) is 19.0 Å². The molecule has 1 saturated heterocycles. The second kappa shape index (κ2) is 13.5. The van der Waals surface area contributed by atoms with Crippen LogP contribution in [0.2, 0.25) is 0 Å². The van der Waals surface area contributed by atoms with Crippen molar-refractivity contribution in [2.24, 2.45) is 11.3 Å². The maximum Gasteiger partial charge on any atom is 0.416 e. The van der Waals surface area contributed by atoms with Gasteiger partial charge in [0.1, 0.15) is 0 Å². The summed E-state index contributed by atoms with van der Waals surface area (Å²) >= 11 is 0. The van der Waals surface area contributed by atoms with Crippen LogP contribution in [0.4, 0.5) is 32.3 Å². The van der Waals surface area contributed by atoms with E-state index in [1.54, 1.807) is 0 Å². The van der Waals surface area contributed by atoms with Gasteiger partial charge in [0.25, 0.3) is 0 Å². The van der Waals surface area contributed by atoms with Crippen LogP contribution in [0.5, 0.6) is 0 Å². The molecule has 1 N–H and O–H groups in total. The smallest absolute Gasteiger partial charge is 0.388 e. The number of rotatable bonds is 7. The number of aliphatic hydroxyl groups is 1. The van der Waals surface area contributed by atoms with E-state index in [0.717, 1.165) is 36.2 Å². The molecule has 3 aromatic rings. The summed E-state index contributed by atoms with van der Waals surface area (Å²) in [5.74, 6) is -2.36. The fourth-order valence-corrected chi connectivity index (χ4v) is 8.16. The molecule has 11 heteroatoms. The van der Waals surface area contributed by atoms with Crippen LogP contribution in [0.1, 0.15) is 142 Å². The van der Waals surface area contributed by atoms with E-state index in [2.05, 4.69) is 28.7 Å². The van der Waals surface area contributed by atoms with Gasteiger partial charge in [0.2, 0.25) is 11.9 Å². The van der Waals surface area contributed by atoms with Crippen molar-refractivity contribution in [2.75, 3.05) is 18.0 Å². The van der Waals surface area contributed by atoms with Crippen molar-refractivity contribution in [3.63, 3.8) is 0 Å². The number of pyridine rings is 1. The quantitative estimate of drug-likeness (QED) is 0.251. The van der Waals surface area contributed by atoms with Crippen molar-refractivity contribution in [3.05, 3.63) is 81.4 Å². The highest BCUT2D eigenvalue weighted by molar-refractivity contribution is 5.51. The number of anilines is 1. The van der Waals surface area contributed by atoms with E-state index in [4.69, 9.17) is 4.98 Å². The molecular formula is C38H46F6N4O. The minimum absolute atomic E-state index is 0.0383. The second-order valence-electron chi connectivity index (χ2n) is 15.6. The summed E-state index contributed by atoms with van der Waals surface area (Å²) in [6.45, 7) is 9.53. The van der Waals surface area contributed by atoms with E-state index in [0.29, 0.717) is 73.2 Å². The van der Waals surface area contributed by atoms with Crippen LogP contribution >= 0.6 is 0 Å². The maximum atomic E-state index is 17.2. The van der Waals surface area contributed by atoms with E-state index < -0.39 is 35.9 Å². The summed E-state index contributed by atoms with van der Waals surface area (Å²) in [7, 11) is 0. The fourth-order valence-electron chi connectivity index (χ4n) is 8.16. The SMILES string of the molecule is CC(C)Cc1cnc(N2CCC(c3nc4c(c(C5CCC(F)(F)CC5)c3[C@@H](F)c3ccc(C(F)(F)F)cc3)[C@@H](O)CC(C)(C)C4)CC2)nc1. The van der Waals surface area contributed by atoms with Crippen LogP contribution in [0.15, 0.2) is 36.7 Å². The first-order valence-electron chi connectivity index (χ1n) is 17.5. The average Bonchev–Trinajstić information content (AvgIpc) is 3.03. The summed E-state index contributed by atoms with van der Waals surface area (Å²) in [4.78, 5) is 16.4. The van der Waals surface area contributed by atoms with Crippen molar-refractivity contribution in [2.45, 2.75) is 122 Å². The molecule has 1 aromatic carbocycles. The van der Waals surface area contributed by atoms with Gasteiger partial charge in [0, 0.05) is 61.1 Å². The highest BCUT2D eigenvalue weighted by atomic mass is 19.4. The summed E-state index contributed by atoms with van der Waals surface area (Å²) in [6, 6.07) is 4.04. The van der Waals surface area contributed by atoms with Crippen LogP contribution < -0.4 is 4.90 Å². The minimum atomic E-state index is -4.58. The molecule has 0 radical (unpaired) electrons. The Morgan fingerprint density at radius 2 is 1.53 bits per heavy atom. The molecule has 0 bridgehead atoms. The molecule has 2 atom stereocenters. The molecule has 2 aromatic heterocycles. The largest absolute Gasteiger partial charge is 0.416 e. The number of hydrogen-bond donors (Lipinski definition) is 1. The van der Waals surface area contributed by atoms with Gasteiger partial charge in [-0.3, -0.25) is 4.98 Å². The molecular weight excluding hydrogens is 642 g/mol. The van der Waals surface area contributed by atoms with Crippen LogP contribution in [0, 0.1) is 11.3 Å². The van der Waals surface area contributed by atoms with Crippen LogP contribution in [0.25, 0.3) is 0 Å². The standard InChI is InChI=1S/C38H46F6N4O/c1-22(2)17-23-20-45-35(46-21-23)48-15-11-26(12-16-48)34-32(33(39)25-5-7-27(8-6-25)38(42,43)44)30(24-9-13-37(40,41)14-10-24)31-28(47-34)18-36(3,4)19-29(31)49/h5-8,20-22,24,26,29,33,49H,9-19H2,1-4H3/t29-,33-/m0/s1. The van der Waals surface area contributed by atoms with Crippen LogP contribution in [0.3, 0.4) is 0 Å². The van der Waals surface area contributed by atoms with Gasteiger partial charge in [-0.2, -0.15) is 13.2 Å². The van der Waals surface area contributed by atoms with Crippen molar-refractivity contribution < 1.29 is 31.4 Å². The highest BCUT2D eigenvalue weighted by Crippen LogP contribution is 2.52. The third kappa shape index (κ3) is 7.76. The Hall–Kier alpha value is -3.21. The molecule has 5 nitrogen and oxygen atoms in total. The van der Waals surface area contributed by atoms with E-state index in [1.165, 1.54) is 0 Å². The van der Waals surface area contributed by atoms with Crippen molar-refractivity contribution in [3.8, 4) is 0 Å². The number of hydrogen-bond acceptors (Lipinski definition) is 5. The molecule has 1 saturated carbocycles. The number of fused-ring (bicyclic) bond motifs is 1. The number of piperidine rings is 1. The molecule has 266 valence electrons. The van der Waals surface area contributed by atoms with Crippen molar-refractivity contribution >= 4 is 5.95 Å². The first kappa shape index (κ1) is 35.6. The monoisotopic (exact) mass is 688 g/mol. The van der Waals surface area contributed by atoms with E-state index in [9.17, 15) is 27.1 Å². The van der Waals surface area contributed by atoms with Gasteiger partial charge in [-0.05, 0) is 91.0 Å². The van der Waals surface area contributed by atoms with Crippen molar-refractivity contribution in [1.29, 1.82) is 0 Å². The molecule has 3 aliphatic rings. The zero-order valence-electron chi connectivity index (χ0n) is 28.6. The zero-order chi connectivity index (χ0) is 35.3. The maximum absolute atomic E-state index is 17.2. The lowest BCUT2D eigenvalue weighted by molar-refractivity contribution is -0.137. The third-order valence-corrected chi connectivity index (χ3v) is 10.6. The Kier molecular flexibility index (Phi) is 9.80. The first-order valence-corrected chi connectivity index (χ1v) is 17.5. The summed E-state index contributed by atoms with van der Waals surface area (Å²) in [6.07, 6.45) is -1.14. The lowest BCUT2D eigenvalue weighted by Gasteiger charge is -2.41. The Morgan fingerprint density at radius 3 is 2.10 bits per heavy atom. The molecule has 2 aliphatic carbocycles. The van der Waals surface area contributed by atoms with E-state index >= 15 is 4.39 Å². The predicted molar refractivity (Wildman–Crippen MR) is 177 cm³/mol. The van der Waals surface area contributed by atoms with Crippen molar-refractivity contribution in [1.82, 2.24) is 15.0 Å². The first-order chi connectivity index (χ1) is 23.0. The topological polar surface area (TPSA) is 62.1 Å². The number of aromatic nitrogens is 3. The Labute approximate surface area is 284 Å². The Balaban J connectivity index is 1.42. The molecule has 0 amide bonds. The van der Waals surface area contributed by atoms with Gasteiger partial charge >= 0.3 is 6.18 Å². The predicted octanol–water partition coefficient (Wildman–Crippen LogP) is 9.83. The number of alkyl halides is 6. The lowest BCUT2D eigenvalue weighted by atomic mass is 9.68. The number of halogens is 6. The third-order valence-electron chi connectivity index (χ3n) is 10.6. The Morgan fingerprint density at radius 1 is 0.918 bits per heavy atom. The number of benzene rings is 1. The van der Waals surface area contributed by atoms with Gasteiger partial charge in [-0.25, -0.2) is 23.1 Å². The molecule has 2 fully saturated rings. The normalized spacial score (nSPS) is 22.3. The van der Waals surface area contributed by atoms with E-state index in [1.807, 2.05) is 26.2 Å². The summed E-state index contributed by atoms with van der Waals surface area (Å²) < 4.78 is 86.4. The average molecular weight is 689 g/mol. The molecule has 0 spiro atoms. The van der Waals surface area contributed by atoms with E-state index in [-0.39, 0.29) is 48.1 Å². The van der Waals surface area contributed by atoms with Gasteiger partial charge in [-0.15, -0.1) is 0 Å². The van der Waals surface area contributed by atoms with Gasteiger partial charge in [0.15, 0.2) is 6.17 Å². The van der Waals surface area contributed by atoms with Gasteiger partial charge in [-0.1, -0.05) is 39.8 Å². The minimum Gasteiger partial charge on any atom is -0.388 e. The lowest BCUT2D eigenvalue weighted by Crippen LogP contribution is -2.36. The molecule has 3 heterocycles. The molecule has 49 heavy (non-hydrogen) atoms. The molecule has 6 rings (SSSR count). The number of nitrogens with zero attached hydrogens (tertiary/aromatic N) is 4. The van der Waals surface area contributed by atoms with Gasteiger partial charge in [0.05, 0.1) is 17.4 Å². The fraction of sp³-hybridized carbons (Fsp3) is 0.605. The molecule has 0 unspecified atom stereocenters. The second-order valence-corrected chi connectivity index (χ2v) is 15.6.